The Balaban J connectivity index is 2.78. The largest absolute Gasteiger partial charge is 0.743 e. The summed E-state index contributed by atoms with van der Waals surface area (Å²) in [6.45, 7) is 5.19. The van der Waals surface area contributed by atoms with Crippen LogP contribution in [-0.2, 0) is 24.4 Å². The number of carbonyl (C=O) groups is 2. The van der Waals surface area contributed by atoms with E-state index in [0.29, 0.717) is 12.8 Å². The molecule has 0 aliphatic carbocycles. The van der Waals surface area contributed by atoms with Crippen LogP contribution < -0.4 is 4.74 Å². The van der Waals surface area contributed by atoms with Gasteiger partial charge in [0.1, 0.15) is 5.75 Å². The van der Waals surface area contributed by atoms with Crippen LogP contribution in [0.2, 0.25) is 0 Å². The van der Waals surface area contributed by atoms with Crippen molar-refractivity contribution < 1.29 is 58.7 Å². The monoisotopic (exact) mass is 615 g/mol. The lowest BCUT2D eigenvalue weighted by atomic mass is 10.2. The number of ether oxygens (including phenoxy) is 3. The molecule has 186 valence electrons. The van der Waals surface area contributed by atoms with E-state index in [0.717, 1.165) is 18.2 Å². The molecule has 0 amide bonds. The minimum absolute atomic E-state index is 0.126. The third-order valence-corrected chi connectivity index (χ3v) is 5.43. The zero-order valence-electron chi connectivity index (χ0n) is 16.8. The van der Waals surface area contributed by atoms with Gasteiger partial charge < -0.3 is 18.8 Å². The molecule has 0 saturated carbocycles. The summed E-state index contributed by atoms with van der Waals surface area (Å²) in [6, 6.07) is 3.03. The average Bonchev–Trinajstić information content (AvgIpc) is 2.67. The molecule has 0 aliphatic heterocycles. The molecule has 0 bridgehead atoms. The molecule has 1 atom stereocenters. The van der Waals surface area contributed by atoms with Crippen LogP contribution in [-0.4, -0.2) is 55.7 Å². The summed E-state index contributed by atoms with van der Waals surface area (Å²) in [6.07, 6.45) is -9.62. The van der Waals surface area contributed by atoms with E-state index in [2.05, 4.69) is 11.3 Å². The smallest absolute Gasteiger partial charge is 0.432 e. The predicted molar refractivity (Wildman–Crippen MR) is 110 cm³/mol. The number of unbranched alkanes of at least 4 members (excludes halogenated alkanes) is 1. The normalized spacial score (nSPS) is 13.2. The Morgan fingerprint density at radius 1 is 1.15 bits per heavy atom. The number of alkyl halides is 5. The molecule has 33 heavy (non-hydrogen) atoms. The lowest BCUT2D eigenvalue weighted by molar-refractivity contribution is -0.248. The first-order valence-electron chi connectivity index (χ1n) is 8.84. The lowest BCUT2D eigenvalue weighted by Crippen LogP contribution is -2.52. The van der Waals surface area contributed by atoms with Crippen LogP contribution >= 0.6 is 22.6 Å². The maximum Gasteiger partial charge on any atom is 0.432 e. The molecular weight excluding hydrogens is 598 g/mol. The van der Waals surface area contributed by atoms with E-state index >= 15 is 0 Å². The number of rotatable bonds is 11. The molecule has 0 saturated heterocycles. The maximum atomic E-state index is 13.5. The highest BCUT2D eigenvalue weighted by atomic mass is 127. The number of hydrogen-bond acceptors (Lipinski definition) is 8. The predicted octanol–water partition coefficient (Wildman–Crippen LogP) is 3.80. The van der Waals surface area contributed by atoms with Crippen molar-refractivity contribution in [3.8, 4) is 5.75 Å². The zero-order valence-corrected chi connectivity index (χ0v) is 19.8. The molecule has 0 heterocycles. The van der Waals surface area contributed by atoms with Crippen LogP contribution in [0, 0.1) is 3.57 Å². The Morgan fingerprint density at radius 2 is 1.73 bits per heavy atom. The van der Waals surface area contributed by atoms with Gasteiger partial charge >= 0.3 is 23.4 Å². The van der Waals surface area contributed by atoms with E-state index in [1.54, 1.807) is 22.6 Å². The van der Waals surface area contributed by atoms with Crippen molar-refractivity contribution in [1.82, 2.24) is 0 Å². The molecule has 1 unspecified atom stereocenters. The fourth-order valence-corrected chi connectivity index (χ4v) is 3.17. The highest BCUT2D eigenvalue weighted by Gasteiger charge is 2.63. The summed E-state index contributed by atoms with van der Waals surface area (Å²) in [5, 5.41) is -5.93. The topological polar surface area (TPSA) is 119 Å². The Hall–Kier alpha value is -2.01. The molecule has 1 rings (SSSR count). The van der Waals surface area contributed by atoms with Crippen molar-refractivity contribution in [3.63, 3.8) is 0 Å². The van der Waals surface area contributed by atoms with Crippen molar-refractivity contribution >= 4 is 44.6 Å². The van der Waals surface area contributed by atoms with Crippen molar-refractivity contribution in [2.75, 3.05) is 13.2 Å². The number of esters is 2. The summed E-state index contributed by atoms with van der Waals surface area (Å²) < 4.78 is 111. The van der Waals surface area contributed by atoms with Crippen LogP contribution in [0.15, 0.2) is 30.4 Å². The van der Waals surface area contributed by atoms with Gasteiger partial charge in [0.25, 0.3) is 6.10 Å². The van der Waals surface area contributed by atoms with E-state index in [1.807, 2.05) is 0 Å². The van der Waals surface area contributed by atoms with Gasteiger partial charge in [-0.15, -0.1) is 0 Å². The van der Waals surface area contributed by atoms with E-state index in [4.69, 9.17) is 9.47 Å². The Kier molecular flexibility index (Phi) is 10.0. The zero-order chi connectivity index (χ0) is 25.6. The van der Waals surface area contributed by atoms with E-state index < -0.39 is 45.2 Å². The van der Waals surface area contributed by atoms with Gasteiger partial charge in [0.2, 0.25) is 0 Å². The van der Waals surface area contributed by atoms with Gasteiger partial charge in [0.15, 0.2) is 10.1 Å². The van der Waals surface area contributed by atoms with Gasteiger partial charge in [-0.3, -0.25) is 0 Å². The van der Waals surface area contributed by atoms with Crippen LogP contribution in [0.25, 0.3) is 0 Å². The summed E-state index contributed by atoms with van der Waals surface area (Å²) in [5.41, 5.74) is -0.369. The number of halogens is 6. The van der Waals surface area contributed by atoms with Gasteiger partial charge in [-0.05, 0) is 60.6 Å². The second-order valence-corrected chi connectivity index (χ2v) is 9.07. The molecule has 0 N–H and O–H groups in total. The summed E-state index contributed by atoms with van der Waals surface area (Å²) in [7, 11) is -6.79. The van der Waals surface area contributed by atoms with Crippen LogP contribution in [0.1, 0.15) is 30.1 Å². The Labute approximate surface area is 199 Å². The molecule has 0 spiro atoms. The third-order valence-electron chi connectivity index (χ3n) is 3.71. The van der Waals surface area contributed by atoms with Crippen LogP contribution in [0.4, 0.5) is 22.0 Å². The highest BCUT2D eigenvalue weighted by Crippen LogP contribution is 2.38. The molecule has 0 fully saturated rings. The standard InChI is InChI=1S/C18H18F5IO8S/c1-10(2)14(25)31-8-4-3-7-30-13-6-5-11(9-12(13)24)15(26)32-16(17(19,20)21)18(22,23)33(27,28)29/h5-6,9,16H,1,3-4,7-8H2,2H3,(H,27,28,29)/p-1. The molecule has 0 aliphatic rings. The summed E-state index contributed by atoms with van der Waals surface area (Å²) in [5.74, 6) is -2.26. The fourth-order valence-electron chi connectivity index (χ4n) is 2.05. The van der Waals surface area contributed by atoms with Gasteiger partial charge in [0, 0.05) is 5.57 Å². The molecule has 0 radical (unpaired) electrons. The lowest BCUT2D eigenvalue weighted by Gasteiger charge is -2.29. The maximum absolute atomic E-state index is 13.5. The van der Waals surface area contributed by atoms with Crippen molar-refractivity contribution in [3.05, 3.63) is 39.5 Å². The van der Waals surface area contributed by atoms with E-state index in [9.17, 15) is 44.5 Å². The molecular formula is C18H17F5IO8S-. The second-order valence-electron chi connectivity index (χ2n) is 6.46. The number of benzene rings is 1. The average molecular weight is 615 g/mol. The van der Waals surface area contributed by atoms with E-state index in [-0.39, 0.29) is 28.1 Å². The summed E-state index contributed by atoms with van der Waals surface area (Å²) >= 11 is 1.65. The van der Waals surface area contributed by atoms with Crippen LogP contribution in [0.3, 0.4) is 0 Å². The summed E-state index contributed by atoms with van der Waals surface area (Å²) in [4.78, 5) is 23.1. The SMILES string of the molecule is C=C(C)C(=O)OCCCCOc1ccc(C(=O)OC(C(F)(F)F)C(F)(F)S(=O)(=O)[O-])cc1I. The first-order chi connectivity index (χ1) is 15.0. The Morgan fingerprint density at radius 3 is 2.21 bits per heavy atom. The van der Waals surface area contributed by atoms with Crippen molar-refractivity contribution in [2.45, 2.75) is 37.3 Å². The highest BCUT2D eigenvalue weighted by molar-refractivity contribution is 14.1. The number of hydrogen-bond donors (Lipinski definition) is 0. The van der Waals surface area contributed by atoms with Crippen molar-refractivity contribution in [1.29, 1.82) is 0 Å². The molecule has 8 nitrogen and oxygen atoms in total. The molecule has 0 aromatic heterocycles. The second kappa shape index (κ2) is 11.4. The quantitative estimate of drug-likeness (QED) is 0.0922. The Bertz CT molecular complexity index is 994. The number of carbonyl (C=O) groups excluding carboxylic acids is 2. The van der Waals surface area contributed by atoms with Crippen LogP contribution in [0.5, 0.6) is 5.75 Å². The minimum Gasteiger partial charge on any atom is -0.743 e. The van der Waals surface area contributed by atoms with Gasteiger partial charge in [-0.2, -0.15) is 22.0 Å². The fraction of sp³-hybridized carbons (Fsp3) is 0.444. The molecule has 1 aromatic rings. The molecule has 1 aromatic carbocycles. The first kappa shape index (κ1) is 29.0. The van der Waals surface area contributed by atoms with Gasteiger partial charge in [-0.25, -0.2) is 18.0 Å². The van der Waals surface area contributed by atoms with E-state index in [1.165, 1.54) is 6.92 Å². The van der Waals surface area contributed by atoms with Crippen molar-refractivity contribution in [2.24, 2.45) is 0 Å². The minimum atomic E-state index is -6.79. The van der Waals surface area contributed by atoms with Gasteiger partial charge in [0.05, 0.1) is 22.3 Å². The first-order valence-corrected chi connectivity index (χ1v) is 11.3. The third kappa shape index (κ3) is 8.37. The molecule has 15 heteroatoms. The van der Waals surface area contributed by atoms with Gasteiger partial charge in [-0.1, -0.05) is 6.58 Å².